The highest BCUT2D eigenvalue weighted by atomic mass is 32.2. The van der Waals surface area contributed by atoms with Crippen molar-refractivity contribution in [3.05, 3.63) is 46.3 Å². The molecule has 0 radical (unpaired) electrons. The monoisotopic (exact) mass is 379 g/mol. The van der Waals surface area contributed by atoms with Crippen molar-refractivity contribution in [1.82, 2.24) is 0 Å². The molecule has 1 aliphatic carbocycles. The van der Waals surface area contributed by atoms with Crippen molar-refractivity contribution in [2.75, 3.05) is 11.3 Å². The first-order valence-corrected chi connectivity index (χ1v) is 10.6. The molecule has 1 heterocycles. The number of fused-ring (bicyclic) bond motifs is 1. The maximum absolute atomic E-state index is 12.7. The van der Waals surface area contributed by atoms with E-state index in [9.17, 15) is 13.2 Å². The lowest BCUT2D eigenvalue weighted by Crippen LogP contribution is -2.17. The lowest BCUT2D eigenvalue weighted by Gasteiger charge is -2.18. The van der Waals surface area contributed by atoms with Crippen molar-refractivity contribution >= 4 is 32.3 Å². The van der Waals surface area contributed by atoms with Crippen LogP contribution in [0.3, 0.4) is 0 Å². The van der Waals surface area contributed by atoms with Gasteiger partial charge in [0.15, 0.2) is 0 Å². The Bertz CT molecular complexity index is 872. The molecule has 1 N–H and O–H groups in total. The number of hydrogen-bond acceptors (Lipinski definition) is 5. The van der Waals surface area contributed by atoms with Gasteiger partial charge >= 0.3 is 5.97 Å². The maximum Gasteiger partial charge on any atom is 0.341 e. The standard InChI is InChI=1S/C18H21NO4S2/c1-3-23-18(20)16-14-11-12(2)9-10-15(14)24-17(16)19-25(21,22)13-7-5-4-6-8-13/h4-8,12,19H,3,9-11H2,1-2H3. The van der Waals surface area contributed by atoms with E-state index >= 15 is 0 Å². The zero-order valence-corrected chi connectivity index (χ0v) is 15.9. The molecule has 1 atom stereocenters. The Morgan fingerprint density at radius 1 is 1.32 bits per heavy atom. The molecule has 0 bridgehead atoms. The van der Waals surface area contributed by atoms with Crippen molar-refractivity contribution in [2.24, 2.45) is 5.92 Å². The van der Waals surface area contributed by atoms with E-state index in [4.69, 9.17) is 4.74 Å². The van der Waals surface area contributed by atoms with Gasteiger partial charge in [-0.3, -0.25) is 4.72 Å². The second-order valence-electron chi connectivity index (χ2n) is 6.19. The Morgan fingerprint density at radius 3 is 2.72 bits per heavy atom. The number of carbonyl (C=O) groups is 1. The number of sulfonamides is 1. The number of nitrogens with one attached hydrogen (secondary N) is 1. The van der Waals surface area contributed by atoms with Gasteiger partial charge in [-0.2, -0.15) is 0 Å². The van der Waals surface area contributed by atoms with E-state index in [0.29, 0.717) is 16.5 Å². The zero-order valence-electron chi connectivity index (χ0n) is 14.2. The third-order valence-electron chi connectivity index (χ3n) is 4.27. The van der Waals surface area contributed by atoms with E-state index in [1.165, 1.54) is 23.5 Å². The summed E-state index contributed by atoms with van der Waals surface area (Å²) < 4.78 is 33.1. The van der Waals surface area contributed by atoms with Gasteiger partial charge in [-0.15, -0.1) is 11.3 Å². The molecule has 2 aromatic rings. The summed E-state index contributed by atoms with van der Waals surface area (Å²) in [6.45, 7) is 4.14. The molecule has 0 amide bonds. The van der Waals surface area contributed by atoms with E-state index in [1.807, 2.05) is 0 Å². The minimum atomic E-state index is -3.74. The normalized spacial score (nSPS) is 17.0. The molecule has 0 spiro atoms. The molecule has 0 saturated heterocycles. The Hall–Kier alpha value is -1.86. The second kappa shape index (κ2) is 7.17. The van der Waals surface area contributed by atoms with Crippen LogP contribution in [-0.4, -0.2) is 21.0 Å². The largest absolute Gasteiger partial charge is 0.462 e. The average molecular weight is 380 g/mol. The van der Waals surface area contributed by atoms with Crippen LogP contribution < -0.4 is 4.72 Å². The molecule has 3 rings (SSSR count). The smallest absolute Gasteiger partial charge is 0.341 e. The van der Waals surface area contributed by atoms with E-state index in [0.717, 1.165) is 29.7 Å². The van der Waals surface area contributed by atoms with Gasteiger partial charge in [0.25, 0.3) is 10.0 Å². The van der Waals surface area contributed by atoms with Gasteiger partial charge in [-0.05, 0) is 49.8 Å². The van der Waals surface area contributed by atoms with Crippen molar-refractivity contribution in [3.63, 3.8) is 0 Å². The number of benzene rings is 1. The highest BCUT2D eigenvalue weighted by Gasteiger charge is 2.30. The van der Waals surface area contributed by atoms with Crippen molar-refractivity contribution in [2.45, 2.75) is 38.0 Å². The summed E-state index contributed by atoms with van der Waals surface area (Å²) in [4.78, 5) is 13.7. The van der Waals surface area contributed by atoms with Gasteiger partial charge in [0.1, 0.15) is 5.00 Å². The molecule has 134 valence electrons. The highest BCUT2D eigenvalue weighted by Crippen LogP contribution is 2.40. The number of esters is 1. The fraction of sp³-hybridized carbons (Fsp3) is 0.389. The minimum absolute atomic E-state index is 0.171. The number of thiophene rings is 1. The number of aryl methyl sites for hydroxylation is 1. The van der Waals surface area contributed by atoms with Gasteiger partial charge in [-0.1, -0.05) is 25.1 Å². The second-order valence-corrected chi connectivity index (χ2v) is 8.98. The summed E-state index contributed by atoms with van der Waals surface area (Å²) in [6, 6.07) is 8.15. The molecule has 0 fully saturated rings. The topological polar surface area (TPSA) is 72.5 Å². The third-order valence-corrected chi connectivity index (χ3v) is 6.97. The van der Waals surface area contributed by atoms with Gasteiger partial charge in [0, 0.05) is 4.88 Å². The van der Waals surface area contributed by atoms with E-state index in [1.54, 1.807) is 25.1 Å². The van der Waals surface area contributed by atoms with Crippen molar-refractivity contribution < 1.29 is 17.9 Å². The van der Waals surface area contributed by atoms with Crippen LogP contribution in [0.5, 0.6) is 0 Å². The van der Waals surface area contributed by atoms with Crippen LogP contribution >= 0.6 is 11.3 Å². The summed E-state index contributed by atoms with van der Waals surface area (Å²) in [6.07, 6.45) is 2.67. The van der Waals surface area contributed by atoms with Crippen LogP contribution in [0.1, 0.15) is 41.1 Å². The zero-order chi connectivity index (χ0) is 18.0. The van der Waals surface area contributed by atoms with Crippen LogP contribution in [0.4, 0.5) is 5.00 Å². The molecule has 25 heavy (non-hydrogen) atoms. The van der Waals surface area contributed by atoms with Gasteiger partial charge < -0.3 is 4.74 Å². The summed E-state index contributed by atoms with van der Waals surface area (Å²) in [5.74, 6) is 0.00807. The predicted octanol–water partition coefficient (Wildman–Crippen LogP) is 3.85. The minimum Gasteiger partial charge on any atom is -0.462 e. The maximum atomic E-state index is 12.7. The van der Waals surface area contributed by atoms with Crippen LogP contribution in [0, 0.1) is 5.92 Å². The van der Waals surface area contributed by atoms with Crippen LogP contribution in [-0.2, 0) is 27.6 Å². The molecule has 7 heteroatoms. The molecule has 1 aromatic heterocycles. The molecule has 1 aromatic carbocycles. The number of ether oxygens (including phenoxy) is 1. The summed E-state index contributed by atoms with van der Waals surface area (Å²) in [5, 5.41) is 0.362. The first kappa shape index (κ1) is 17.9. The third kappa shape index (κ3) is 3.72. The Labute approximate surface area is 152 Å². The van der Waals surface area contributed by atoms with E-state index in [2.05, 4.69) is 11.6 Å². The van der Waals surface area contributed by atoms with Crippen LogP contribution in [0.25, 0.3) is 0 Å². The quantitative estimate of drug-likeness (QED) is 0.801. The molecule has 1 aliphatic rings. The number of anilines is 1. The lowest BCUT2D eigenvalue weighted by atomic mass is 9.88. The first-order chi connectivity index (χ1) is 11.9. The Morgan fingerprint density at radius 2 is 2.04 bits per heavy atom. The molecule has 0 saturated carbocycles. The van der Waals surface area contributed by atoms with Crippen molar-refractivity contribution in [1.29, 1.82) is 0 Å². The number of hydrogen-bond donors (Lipinski definition) is 1. The summed E-state index contributed by atoms with van der Waals surface area (Å²) in [5.41, 5.74) is 1.32. The van der Waals surface area contributed by atoms with Crippen LogP contribution in [0.2, 0.25) is 0 Å². The summed E-state index contributed by atoms with van der Waals surface area (Å²) in [7, 11) is -3.74. The van der Waals surface area contributed by atoms with Gasteiger partial charge in [-0.25, -0.2) is 13.2 Å². The van der Waals surface area contributed by atoms with Crippen molar-refractivity contribution in [3.8, 4) is 0 Å². The van der Waals surface area contributed by atoms with Crippen LogP contribution in [0.15, 0.2) is 35.2 Å². The lowest BCUT2D eigenvalue weighted by molar-refractivity contribution is 0.0526. The molecule has 0 aliphatic heterocycles. The first-order valence-electron chi connectivity index (χ1n) is 8.32. The SMILES string of the molecule is CCOC(=O)c1c(NS(=O)(=O)c2ccccc2)sc2c1CC(C)CC2. The highest BCUT2D eigenvalue weighted by molar-refractivity contribution is 7.93. The predicted molar refractivity (Wildman–Crippen MR) is 98.7 cm³/mol. The van der Waals surface area contributed by atoms with E-state index < -0.39 is 16.0 Å². The number of rotatable bonds is 5. The molecule has 1 unspecified atom stereocenters. The summed E-state index contributed by atoms with van der Waals surface area (Å²) >= 11 is 1.35. The molecular weight excluding hydrogens is 358 g/mol. The molecule has 5 nitrogen and oxygen atoms in total. The molecular formula is C18H21NO4S2. The fourth-order valence-corrected chi connectivity index (χ4v) is 5.59. The Balaban J connectivity index is 2.02. The Kier molecular flexibility index (Phi) is 5.15. The van der Waals surface area contributed by atoms with Gasteiger partial charge in [0.2, 0.25) is 0 Å². The van der Waals surface area contributed by atoms with Gasteiger partial charge in [0.05, 0.1) is 17.1 Å². The van der Waals surface area contributed by atoms with E-state index in [-0.39, 0.29) is 11.5 Å². The average Bonchev–Trinajstić information content (AvgIpc) is 2.92. The fourth-order valence-electron chi connectivity index (χ4n) is 3.03. The number of carbonyl (C=O) groups excluding carboxylic acids is 1.